The Labute approximate surface area is 116 Å². The second-order valence-corrected chi connectivity index (χ2v) is 4.46. The Kier molecular flexibility index (Phi) is 4.16. The van der Waals surface area contributed by atoms with Crippen molar-refractivity contribution < 1.29 is 4.39 Å². The molecule has 0 unspecified atom stereocenters. The first-order valence-corrected chi connectivity index (χ1v) is 6.16. The molecular formula is C13H14ClFN4. The molecule has 0 radical (unpaired) electrons. The standard InChI is InChI=1S/C13H14ClFN4/c1-8-12(16-2)18-7-19-13(8)17-6-9-3-4-11(15)10(14)5-9/h3-5,7H,6H2,1-2H3,(H2,16,17,18,19). The van der Waals surface area contributed by atoms with Crippen LogP contribution in [0, 0.1) is 12.7 Å². The third kappa shape index (κ3) is 3.12. The van der Waals surface area contributed by atoms with Crippen LogP contribution >= 0.6 is 11.6 Å². The van der Waals surface area contributed by atoms with Crippen molar-refractivity contribution in [3.8, 4) is 0 Å². The number of rotatable bonds is 4. The Balaban J connectivity index is 2.12. The maximum atomic E-state index is 13.0. The van der Waals surface area contributed by atoms with Crippen LogP contribution in [0.1, 0.15) is 11.1 Å². The zero-order valence-electron chi connectivity index (χ0n) is 10.7. The van der Waals surface area contributed by atoms with E-state index in [1.807, 2.05) is 6.92 Å². The fraction of sp³-hybridized carbons (Fsp3) is 0.231. The van der Waals surface area contributed by atoms with Gasteiger partial charge in [-0.25, -0.2) is 14.4 Å². The number of halogens is 2. The van der Waals surface area contributed by atoms with Gasteiger partial charge in [0.2, 0.25) is 0 Å². The molecule has 1 aromatic heterocycles. The van der Waals surface area contributed by atoms with Crippen LogP contribution in [-0.4, -0.2) is 17.0 Å². The summed E-state index contributed by atoms with van der Waals surface area (Å²) in [5.74, 6) is 1.09. The number of benzene rings is 1. The number of anilines is 2. The number of aromatic nitrogens is 2. The van der Waals surface area contributed by atoms with Crippen LogP contribution in [0.25, 0.3) is 0 Å². The highest BCUT2D eigenvalue weighted by atomic mass is 35.5. The van der Waals surface area contributed by atoms with E-state index >= 15 is 0 Å². The second kappa shape index (κ2) is 5.84. The summed E-state index contributed by atoms with van der Waals surface area (Å²) in [5, 5.41) is 6.29. The maximum Gasteiger partial charge on any atom is 0.141 e. The highest BCUT2D eigenvalue weighted by Gasteiger charge is 2.06. The fourth-order valence-corrected chi connectivity index (χ4v) is 1.92. The lowest BCUT2D eigenvalue weighted by atomic mass is 10.2. The first kappa shape index (κ1) is 13.5. The zero-order chi connectivity index (χ0) is 13.8. The zero-order valence-corrected chi connectivity index (χ0v) is 11.4. The van der Waals surface area contributed by atoms with Crippen LogP contribution in [0.4, 0.5) is 16.0 Å². The monoisotopic (exact) mass is 280 g/mol. The summed E-state index contributed by atoms with van der Waals surface area (Å²) in [4.78, 5) is 8.28. The summed E-state index contributed by atoms with van der Waals surface area (Å²) in [7, 11) is 1.80. The summed E-state index contributed by atoms with van der Waals surface area (Å²) in [5.41, 5.74) is 1.81. The van der Waals surface area contributed by atoms with Gasteiger partial charge in [-0.2, -0.15) is 0 Å². The number of hydrogen-bond donors (Lipinski definition) is 2. The van der Waals surface area contributed by atoms with E-state index in [-0.39, 0.29) is 5.02 Å². The SMILES string of the molecule is CNc1ncnc(NCc2ccc(F)c(Cl)c2)c1C. The summed E-state index contributed by atoms with van der Waals surface area (Å²) in [6, 6.07) is 4.63. The van der Waals surface area contributed by atoms with Gasteiger partial charge in [0.1, 0.15) is 23.8 Å². The summed E-state index contributed by atoms with van der Waals surface area (Å²) in [6.07, 6.45) is 1.48. The van der Waals surface area contributed by atoms with Gasteiger partial charge in [0.05, 0.1) is 5.02 Å². The Morgan fingerprint density at radius 2 is 2.00 bits per heavy atom. The largest absolute Gasteiger partial charge is 0.373 e. The lowest BCUT2D eigenvalue weighted by molar-refractivity contribution is 0.627. The Bertz CT molecular complexity index is 589. The molecule has 1 aromatic carbocycles. The Hall–Kier alpha value is -1.88. The maximum absolute atomic E-state index is 13.0. The minimum atomic E-state index is -0.416. The van der Waals surface area contributed by atoms with Gasteiger partial charge >= 0.3 is 0 Å². The Morgan fingerprint density at radius 3 is 2.68 bits per heavy atom. The predicted molar refractivity (Wildman–Crippen MR) is 75.1 cm³/mol. The van der Waals surface area contributed by atoms with Crippen LogP contribution in [0.2, 0.25) is 5.02 Å². The summed E-state index contributed by atoms with van der Waals surface area (Å²) >= 11 is 5.74. The normalized spacial score (nSPS) is 10.3. The van der Waals surface area contributed by atoms with Crippen LogP contribution < -0.4 is 10.6 Å². The van der Waals surface area contributed by atoms with E-state index in [9.17, 15) is 4.39 Å². The lowest BCUT2D eigenvalue weighted by Gasteiger charge is -2.11. The van der Waals surface area contributed by atoms with Gasteiger partial charge in [0, 0.05) is 19.2 Å². The molecule has 0 saturated carbocycles. The molecule has 0 atom stereocenters. The molecule has 0 spiro atoms. The number of nitrogens with one attached hydrogen (secondary N) is 2. The van der Waals surface area contributed by atoms with Crippen LogP contribution in [0.15, 0.2) is 24.5 Å². The van der Waals surface area contributed by atoms with Gasteiger partial charge in [0.15, 0.2) is 0 Å². The molecule has 19 heavy (non-hydrogen) atoms. The molecule has 4 nitrogen and oxygen atoms in total. The van der Waals surface area contributed by atoms with Crippen molar-refractivity contribution in [3.63, 3.8) is 0 Å². The van der Waals surface area contributed by atoms with E-state index in [1.54, 1.807) is 19.2 Å². The van der Waals surface area contributed by atoms with Gasteiger partial charge in [-0.3, -0.25) is 0 Å². The van der Waals surface area contributed by atoms with E-state index < -0.39 is 5.82 Å². The van der Waals surface area contributed by atoms with Gasteiger partial charge in [0.25, 0.3) is 0 Å². The topological polar surface area (TPSA) is 49.8 Å². The minimum absolute atomic E-state index is 0.120. The molecular weight excluding hydrogens is 267 g/mol. The molecule has 2 aromatic rings. The molecule has 0 saturated heterocycles. The average Bonchev–Trinajstić information content (AvgIpc) is 2.41. The van der Waals surface area contributed by atoms with Crippen LogP contribution in [0.5, 0.6) is 0 Å². The molecule has 0 bridgehead atoms. The van der Waals surface area contributed by atoms with E-state index in [0.29, 0.717) is 6.54 Å². The van der Waals surface area contributed by atoms with Crippen molar-refractivity contribution in [2.24, 2.45) is 0 Å². The molecule has 6 heteroatoms. The molecule has 1 heterocycles. The van der Waals surface area contributed by atoms with Gasteiger partial charge < -0.3 is 10.6 Å². The molecule has 2 N–H and O–H groups in total. The molecule has 2 rings (SSSR count). The first-order valence-electron chi connectivity index (χ1n) is 5.79. The van der Waals surface area contributed by atoms with E-state index in [2.05, 4.69) is 20.6 Å². The highest BCUT2D eigenvalue weighted by Crippen LogP contribution is 2.20. The predicted octanol–water partition coefficient (Wildman–Crippen LogP) is 3.23. The smallest absolute Gasteiger partial charge is 0.141 e. The minimum Gasteiger partial charge on any atom is -0.373 e. The highest BCUT2D eigenvalue weighted by molar-refractivity contribution is 6.30. The molecule has 0 aliphatic heterocycles. The summed E-state index contributed by atoms with van der Waals surface area (Å²) < 4.78 is 13.0. The van der Waals surface area contributed by atoms with Crippen LogP contribution in [-0.2, 0) is 6.54 Å². The van der Waals surface area contributed by atoms with Crippen LogP contribution in [0.3, 0.4) is 0 Å². The molecule has 0 fully saturated rings. The van der Waals surface area contributed by atoms with Crippen molar-refractivity contribution in [3.05, 3.63) is 46.5 Å². The molecule has 0 amide bonds. The van der Waals surface area contributed by atoms with Crippen molar-refractivity contribution in [2.75, 3.05) is 17.7 Å². The third-order valence-electron chi connectivity index (χ3n) is 2.76. The number of nitrogens with zero attached hydrogens (tertiary/aromatic N) is 2. The van der Waals surface area contributed by atoms with Gasteiger partial charge in [-0.05, 0) is 24.6 Å². The van der Waals surface area contributed by atoms with Gasteiger partial charge in [-0.1, -0.05) is 17.7 Å². The van der Waals surface area contributed by atoms with Crippen molar-refractivity contribution in [1.29, 1.82) is 0 Å². The molecule has 0 aliphatic carbocycles. The summed E-state index contributed by atoms with van der Waals surface area (Å²) in [6.45, 7) is 2.44. The fourth-order valence-electron chi connectivity index (χ4n) is 1.72. The van der Waals surface area contributed by atoms with Crippen molar-refractivity contribution >= 4 is 23.2 Å². The number of hydrogen-bond acceptors (Lipinski definition) is 4. The Morgan fingerprint density at radius 1 is 1.26 bits per heavy atom. The third-order valence-corrected chi connectivity index (χ3v) is 3.05. The van der Waals surface area contributed by atoms with E-state index in [0.717, 1.165) is 22.8 Å². The average molecular weight is 281 g/mol. The molecule has 0 aliphatic rings. The molecule has 100 valence electrons. The first-order chi connectivity index (χ1) is 9.11. The van der Waals surface area contributed by atoms with Crippen molar-refractivity contribution in [1.82, 2.24) is 9.97 Å². The lowest BCUT2D eigenvalue weighted by Crippen LogP contribution is -2.06. The van der Waals surface area contributed by atoms with Gasteiger partial charge in [-0.15, -0.1) is 0 Å². The van der Waals surface area contributed by atoms with Crippen molar-refractivity contribution in [2.45, 2.75) is 13.5 Å². The van der Waals surface area contributed by atoms with E-state index in [1.165, 1.54) is 12.4 Å². The van der Waals surface area contributed by atoms with E-state index in [4.69, 9.17) is 11.6 Å². The quantitative estimate of drug-likeness (QED) is 0.903. The second-order valence-electron chi connectivity index (χ2n) is 4.05.